The topological polar surface area (TPSA) is 0 Å². The summed E-state index contributed by atoms with van der Waals surface area (Å²) in [4.78, 5) is 2.65. The van der Waals surface area contributed by atoms with Crippen LogP contribution in [0.3, 0.4) is 0 Å². The molecule has 0 fully saturated rings. The van der Waals surface area contributed by atoms with E-state index in [9.17, 15) is 0 Å². The summed E-state index contributed by atoms with van der Waals surface area (Å²) < 4.78 is 0. The van der Waals surface area contributed by atoms with Gasteiger partial charge in [-0.3, -0.25) is 0 Å². The van der Waals surface area contributed by atoms with Gasteiger partial charge in [0.1, 0.15) is 0 Å². The van der Waals surface area contributed by atoms with E-state index in [1.165, 1.54) is 20.9 Å². The van der Waals surface area contributed by atoms with Gasteiger partial charge in [0.25, 0.3) is 0 Å². The van der Waals surface area contributed by atoms with E-state index in [1.54, 1.807) is 47.0 Å². The molecule has 18 heavy (non-hydrogen) atoms. The maximum atomic E-state index is 2.21. The Balaban J connectivity index is 1.80. The fourth-order valence-corrected chi connectivity index (χ4v) is 4.84. The van der Waals surface area contributed by atoms with E-state index in [4.69, 9.17) is 0 Å². The first-order valence-electron chi connectivity index (χ1n) is 5.39. The summed E-state index contributed by atoms with van der Waals surface area (Å²) in [6.45, 7) is 0. The molecule has 2 aliphatic heterocycles. The molecule has 0 atom stereocenters. The van der Waals surface area contributed by atoms with Gasteiger partial charge in [-0.25, -0.2) is 0 Å². The van der Waals surface area contributed by atoms with Gasteiger partial charge < -0.3 is 0 Å². The maximum absolute atomic E-state index is 2.21. The molecule has 0 aromatic heterocycles. The molecule has 0 nitrogen and oxygen atoms in total. The predicted octanol–water partition coefficient (Wildman–Crippen LogP) is 6.19. The highest BCUT2D eigenvalue weighted by Crippen LogP contribution is 2.38. The minimum absolute atomic E-state index is 1.30. The van der Waals surface area contributed by atoms with Crippen LogP contribution in [0, 0.1) is 0 Å². The molecule has 1 aromatic rings. The van der Waals surface area contributed by atoms with Crippen molar-refractivity contribution in [1.29, 1.82) is 0 Å². The molecule has 1 aromatic carbocycles. The minimum atomic E-state index is 1.30. The number of rotatable bonds is 2. The Morgan fingerprint density at radius 3 is 1.33 bits per heavy atom. The van der Waals surface area contributed by atoms with Crippen molar-refractivity contribution < 1.29 is 0 Å². The molecule has 0 saturated heterocycles. The van der Waals surface area contributed by atoms with E-state index < -0.39 is 0 Å². The number of hydrogen-bond donors (Lipinski definition) is 0. The van der Waals surface area contributed by atoms with E-state index in [2.05, 4.69) is 56.7 Å². The van der Waals surface area contributed by atoms with E-state index in [1.807, 2.05) is 0 Å². The van der Waals surface area contributed by atoms with Gasteiger partial charge in [0.2, 0.25) is 0 Å². The monoisotopic (exact) mass is 306 g/mol. The van der Waals surface area contributed by atoms with Crippen molar-refractivity contribution in [3.05, 3.63) is 67.8 Å². The van der Waals surface area contributed by atoms with Crippen molar-refractivity contribution in [1.82, 2.24) is 0 Å². The molecule has 0 saturated carbocycles. The lowest BCUT2D eigenvalue weighted by molar-refractivity contribution is 1.61. The first-order chi connectivity index (χ1) is 8.93. The fourth-order valence-electron chi connectivity index (χ4n) is 1.59. The molecule has 0 aliphatic carbocycles. The zero-order chi connectivity index (χ0) is 12.2. The SMILES string of the molecule is C1=CSC(c2ccc(C3=CSC=CS3)cc2)=CS1. The van der Waals surface area contributed by atoms with Gasteiger partial charge in [0.15, 0.2) is 0 Å². The molecule has 4 heteroatoms. The summed E-state index contributed by atoms with van der Waals surface area (Å²) in [5, 5.41) is 12.9. The van der Waals surface area contributed by atoms with Gasteiger partial charge in [-0.1, -0.05) is 47.8 Å². The van der Waals surface area contributed by atoms with Crippen LogP contribution < -0.4 is 0 Å². The highest BCUT2D eigenvalue weighted by molar-refractivity contribution is 8.16. The molecular formula is C14H10S4. The Morgan fingerprint density at radius 2 is 1.00 bits per heavy atom. The molecule has 0 spiro atoms. The fraction of sp³-hybridized carbons (Fsp3) is 0. The van der Waals surface area contributed by atoms with E-state index >= 15 is 0 Å². The number of benzene rings is 1. The standard InChI is InChI=1S/C14H10S4/c1-2-12(14-10-16-6-8-18-14)4-3-11(1)13-9-15-5-7-17-13/h1-10H. The van der Waals surface area contributed by atoms with Crippen LogP contribution in [-0.2, 0) is 0 Å². The van der Waals surface area contributed by atoms with Crippen LogP contribution in [0.5, 0.6) is 0 Å². The Bertz CT molecular complexity index is 499. The molecule has 2 aliphatic rings. The molecule has 90 valence electrons. The highest BCUT2D eigenvalue weighted by Gasteiger charge is 2.07. The van der Waals surface area contributed by atoms with Gasteiger partial charge in [-0.2, -0.15) is 0 Å². The summed E-state index contributed by atoms with van der Waals surface area (Å²) in [6.07, 6.45) is 0. The third-order valence-corrected chi connectivity index (χ3v) is 6.19. The maximum Gasteiger partial charge on any atom is 0.0255 e. The Morgan fingerprint density at radius 1 is 0.556 bits per heavy atom. The lowest BCUT2D eigenvalue weighted by Gasteiger charge is -2.10. The van der Waals surface area contributed by atoms with E-state index in [-0.39, 0.29) is 0 Å². The summed E-state index contributed by atoms with van der Waals surface area (Å²) >= 11 is 7.04. The van der Waals surface area contributed by atoms with Crippen molar-refractivity contribution in [2.75, 3.05) is 0 Å². The third kappa shape index (κ3) is 2.94. The van der Waals surface area contributed by atoms with Gasteiger partial charge in [0, 0.05) is 9.81 Å². The van der Waals surface area contributed by atoms with Crippen LogP contribution in [0.1, 0.15) is 11.1 Å². The summed E-state index contributed by atoms with van der Waals surface area (Å²) in [5.41, 5.74) is 2.59. The van der Waals surface area contributed by atoms with Gasteiger partial charge >= 0.3 is 0 Å². The second-order valence-electron chi connectivity index (χ2n) is 3.59. The van der Waals surface area contributed by atoms with Gasteiger partial charge in [-0.15, -0.1) is 23.5 Å². The van der Waals surface area contributed by atoms with Crippen LogP contribution in [-0.4, -0.2) is 0 Å². The van der Waals surface area contributed by atoms with Crippen LogP contribution in [0.4, 0.5) is 0 Å². The van der Waals surface area contributed by atoms with Crippen molar-refractivity contribution >= 4 is 56.9 Å². The van der Waals surface area contributed by atoms with Crippen LogP contribution in [0.25, 0.3) is 9.81 Å². The van der Waals surface area contributed by atoms with Crippen LogP contribution >= 0.6 is 47.0 Å². The Labute approximate surface area is 124 Å². The first kappa shape index (κ1) is 12.6. The third-order valence-electron chi connectivity index (χ3n) is 2.46. The van der Waals surface area contributed by atoms with Crippen molar-refractivity contribution in [3.63, 3.8) is 0 Å². The molecule has 2 heterocycles. The molecule has 0 radical (unpaired) electrons. The quantitative estimate of drug-likeness (QED) is 0.639. The average Bonchev–Trinajstić information content (AvgIpc) is 2.49. The molecule has 0 N–H and O–H groups in total. The Hall–Kier alpha value is -0.420. The summed E-state index contributed by atoms with van der Waals surface area (Å²) in [6, 6.07) is 8.83. The zero-order valence-corrected chi connectivity index (χ0v) is 12.7. The number of hydrogen-bond acceptors (Lipinski definition) is 4. The summed E-state index contributed by atoms with van der Waals surface area (Å²) in [5.74, 6) is 0. The minimum Gasteiger partial charge on any atom is -0.104 e. The highest BCUT2D eigenvalue weighted by atomic mass is 32.2. The molecule has 3 rings (SSSR count). The molecule has 0 bridgehead atoms. The van der Waals surface area contributed by atoms with Crippen molar-refractivity contribution in [2.24, 2.45) is 0 Å². The van der Waals surface area contributed by atoms with E-state index in [0.717, 1.165) is 0 Å². The zero-order valence-electron chi connectivity index (χ0n) is 9.41. The second kappa shape index (κ2) is 6.15. The predicted molar refractivity (Wildman–Crippen MR) is 91.0 cm³/mol. The van der Waals surface area contributed by atoms with E-state index in [0.29, 0.717) is 0 Å². The smallest absolute Gasteiger partial charge is 0.0255 e. The summed E-state index contributed by atoms with van der Waals surface area (Å²) in [7, 11) is 0. The molecule has 0 amide bonds. The first-order valence-corrected chi connectivity index (χ1v) is 9.03. The molecular weight excluding hydrogens is 296 g/mol. The lowest BCUT2D eigenvalue weighted by atomic mass is 10.1. The molecule has 0 unspecified atom stereocenters. The normalized spacial score (nSPS) is 18.4. The van der Waals surface area contributed by atoms with Crippen molar-refractivity contribution in [2.45, 2.75) is 0 Å². The largest absolute Gasteiger partial charge is 0.104 e. The van der Waals surface area contributed by atoms with Crippen LogP contribution in [0.2, 0.25) is 0 Å². The number of thioether (sulfide) groups is 4. The lowest BCUT2D eigenvalue weighted by Crippen LogP contribution is -1.84. The average molecular weight is 307 g/mol. The van der Waals surface area contributed by atoms with Crippen molar-refractivity contribution in [3.8, 4) is 0 Å². The Kier molecular flexibility index (Phi) is 4.31. The second-order valence-corrected chi connectivity index (χ2v) is 7.05. The van der Waals surface area contributed by atoms with Gasteiger partial charge in [-0.05, 0) is 43.6 Å². The van der Waals surface area contributed by atoms with Crippen LogP contribution in [0.15, 0.2) is 56.7 Å². The van der Waals surface area contributed by atoms with Gasteiger partial charge in [0.05, 0.1) is 0 Å².